The van der Waals surface area contributed by atoms with E-state index in [0.29, 0.717) is 38.2 Å². The van der Waals surface area contributed by atoms with Crippen molar-refractivity contribution in [2.75, 3.05) is 25.0 Å². The Kier molecular flexibility index (Phi) is 4.96. The lowest BCUT2D eigenvalue weighted by atomic mass is 9.98. The summed E-state index contributed by atoms with van der Waals surface area (Å²) < 4.78 is 0. The summed E-state index contributed by atoms with van der Waals surface area (Å²) in [6.07, 6.45) is 1.40. The number of nitrogens with one attached hydrogen (secondary N) is 2. The molecule has 144 valence electrons. The van der Waals surface area contributed by atoms with Gasteiger partial charge in [0.25, 0.3) is 5.91 Å². The van der Waals surface area contributed by atoms with Crippen molar-refractivity contribution in [1.29, 1.82) is 0 Å². The summed E-state index contributed by atoms with van der Waals surface area (Å²) in [4.78, 5) is 31.6. The van der Waals surface area contributed by atoms with E-state index < -0.39 is 5.66 Å². The number of aryl methyl sites for hydroxylation is 1. The molecular formula is C22H24N4O2. The minimum Gasteiger partial charge on any atom is -0.326 e. The third kappa shape index (κ3) is 3.97. The van der Waals surface area contributed by atoms with E-state index in [0.717, 1.165) is 16.8 Å². The highest BCUT2D eigenvalue weighted by Gasteiger charge is 2.42. The highest BCUT2D eigenvalue weighted by Crippen LogP contribution is 2.28. The molecule has 0 aromatic heterocycles. The number of hydrogen-bond donors (Lipinski definition) is 2. The zero-order valence-corrected chi connectivity index (χ0v) is 15.9. The maximum absolute atomic E-state index is 12.4. The Hall–Kier alpha value is -2.99. The van der Waals surface area contributed by atoms with Crippen molar-refractivity contribution in [3.8, 4) is 0 Å². The predicted octanol–water partition coefficient (Wildman–Crippen LogP) is 2.34. The molecule has 0 atom stereocenters. The van der Waals surface area contributed by atoms with Crippen molar-refractivity contribution in [3.05, 3.63) is 65.7 Å². The summed E-state index contributed by atoms with van der Waals surface area (Å²) in [6.45, 7) is 3.77. The van der Waals surface area contributed by atoms with Crippen LogP contribution in [-0.4, -0.2) is 47.7 Å². The van der Waals surface area contributed by atoms with E-state index in [1.807, 2.05) is 61.5 Å². The molecule has 2 amide bonds. The molecule has 2 aliphatic heterocycles. The first-order chi connectivity index (χ1) is 13.5. The molecule has 0 unspecified atom stereocenters. The molecule has 0 aliphatic carbocycles. The van der Waals surface area contributed by atoms with Crippen LogP contribution in [0.3, 0.4) is 0 Å². The van der Waals surface area contributed by atoms with Crippen LogP contribution in [0, 0.1) is 6.92 Å². The van der Waals surface area contributed by atoms with E-state index in [4.69, 9.17) is 4.99 Å². The molecule has 28 heavy (non-hydrogen) atoms. The summed E-state index contributed by atoms with van der Waals surface area (Å²) in [6, 6.07) is 17.3. The molecule has 6 heteroatoms. The van der Waals surface area contributed by atoms with Gasteiger partial charge >= 0.3 is 0 Å². The quantitative estimate of drug-likeness (QED) is 0.860. The fourth-order valence-corrected chi connectivity index (χ4v) is 3.80. The first-order valence-corrected chi connectivity index (χ1v) is 9.60. The Morgan fingerprint density at radius 3 is 2.61 bits per heavy atom. The zero-order valence-electron chi connectivity index (χ0n) is 15.9. The van der Waals surface area contributed by atoms with Crippen LogP contribution in [0.4, 0.5) is 5.69 Å². The lowest BCUT2D eigenvalue weighted by Crippen LogP contribution is -2.52. The maximum atomic E-state index is 12.4. The molecular weight excluding hydrogens is 352 g/mol. The van der Waals surface area contributed by atoms with Crippen LogP contribution in [0.15, 0.2) is 59.6 Å². The van der Waals surface area contributed by atoms with Gasteiger partial charge in [0.2, 0.25) is 5.91 Å². The van der Waals surface area contributed by atoms with E-state index in [-0.39, 0.29) is 11.8 Å². The van der Waals surface area contributed by atoms with Gasteiger partial charge in [0.05, 0.1) is 6.54 Å². The second kappa shape index (κ2) is 7.56. The number of carbonyl (C=O) groups is 2. The topological polar surface area (TPSA) is 73.8 Å². The molecule has 2 aliphatic rings. The van der Waals surface area contributed by atoms with Gasteiger partial charge in [-0.1, -0.05) is 42.5 Å². The average molecular weight is 376 g/mol. The molecule has 4 rings (SSSR count). The summed E-state index contributed by atoms with van der Waals surface area (Å²) >= 11 is 0. The van der Waals surface area contributed by atoms with Crippen molar-refractivity contribution < 1.29 is 9.59 Å². The second-order valence-corrected chi connectivity index (χ2v) is 7.51. The van der Waals surface area contributed by atoms with Gasteiger partial charge in [0, 0.05) is 37.2 Å². The molecule has 1 fully saturated rings. The Bertz CT molecular complexity index is 915. The molecule has 0 radical (unpaired) electrons. The number of carbonyl (C=O) groups excluding carboxylic acids is 2. The molecule has 1 spiro atoms. The smallest absolute Gasteiger partial charge is 0.272 e. The number of piperidine rings is 1. The largest absolute Gasteiger partial charge is 0.326 e. The molecule has 2 heterocycles. The second-order valence-electron chi connectivity index (χ2n) is 7.51. The van der Waals surface area contributed by atoms with Crippen LogP contribution < -0.4 is 10.6 Å². The highest BCUT2D eigenvalue weighted by atomic mass is 16.2. The van der Waals surface area contributed by atoms with Gasteiger partial charge in [-0.2, -0.15) is 0 Å². The monoisotopic (exact) mass is 376 g/mol. The summed E-state index contributed by atoms with van der Waals surface area (Å²) in [5.41, 5.74) is 2.75. The SMILES string of the molecule is Cc1cccc(NC(=O)CN2CCC3(CC2)N=C(c2ccccc2)C(=O)N3)c1. The zero-order chi connectivity index (χ0) is 19.6. The van der Waals surface area contributed by atoms with Crippen LogP contribution in [0.1, 0.15) is 24.0 Å². The van der Waals surface area contributed by atoms with Crippen LogP contribution in [0.2, 0.25) is 0 Å². The first-order valence-electron chi connectivity index (χ1n) is 9.60. The minimum absolute atomic E-state index is 0.0227. The Morgan fingerprint density at radius 1 is 1.14 bits per heavy atom. The average Bonchev–Trinajstić information content (AvgIpc) is 3.00. The van der Waals surface area contributed by atoms with E-state index in [1.165, 1.54) is 0 Å². The molecule has 2 N–H and O–H groups in total. The lowest BCUT2D eigenvalue weighted by molar-refractivity contribution is -0.119. The van der Waals surface area contributed by atoms with Gasteiger partial charge in [-0.25, -0.2) is 0 Å². The highest BCUT2D eigenvalue weighted by molar-refractivity contribution is 6.46. The van der Waals surface area contributed by atoms with Crippen LogP contribution in [-0.2, 0) is 9.59 Å². The van der Waals surface area contributed by atoms with E-state index in [2.05, 4.69) is 15.5 Å². The van der Waals surface area contributed by atoms with Gasteiger partial charge in [-0.3, -0.25) is 19.5 Å². The third-order valence-corrected chi connectivity index (χ3v) is 5.29. The van der Waals surface area contributed by atoms with Crippen molar-refractivity contribution in [1.82, 2.24) is 10.2 Å². The van der Waals surface area contributed by atoms with E-state index in [9.17, 15) is 9.59 Å². The number of benzene rings is 2. The molecule has 6 nitrogen and oxygen atoms in total. The summed E-state index contributed by atoms with van der Waals surface area (Å²) in [5, 5.41) is 6.02. The third-order valence-electron chi connectivity index (χ3n) is 5.29. The number of amides is 2. The van der Waals surface area contributed by atoms with Crippen LogP contribution in [0.5, 0.6) is 0 Å². The number of likely N-dealkylation sites (tertiary alicyclic amines) is 1. The predicted molar refractivity (Wildman–Crippen MR) is 109 cm³/mol. The molecule has 0 bridgehead atoms. The van der Waals surface area contributed by atoms with Crippen molar-refractivity contribution >= 4 is 23.2 Å². The Labute approximate surface area is 164 Å². The first kappa shape index (κ1) is 18.4. The van der Waals surface area contributed by atoms with Gasteiger partial charge in [-0.15, -0.1) is 0 Å². The van der Waals surface area contributed by atoms with Crippen LogP contribution >= 0.6 is 0 Å². The van der Waals surface area contributed by atoms with Crippen molar-refractivity contribution in [2.24, 2.45) is 4.99 Å². The summed E-state index contributed by atoms with van der Waals surface area (Å²) in [5.74, 6) is -0.137. The van der Waals surface area contributed by atoms with Gasteiger partial charge in [-0.05, 0) is 24.6 Å². The van der Waals surface area contributed by atoms with E-state index >= 15 is 0 Å². The number of aliphatic imine (C=N–C) groups is 1. The fourth-order valence-electron chi connectivity index (χ4n) is 3.80. The Balaban J connectivity index is 1.35. The molecule has 0 saturated carbocycles. The van der Waals surface area contributed by atoms with Gasteiger partial charge in [0.1, 0.15) is 11.4 Å². The number of anilines is 1. The van der Waals surface area contributed by atoms with Crippen LogP contribution in [0.25, 0.3) is 0 Å². The normalized spacial score (nSPS) is 18.6. The maximum Gasteiger partial charge on any atom is 0.272 e. The van der Waals surface area contributed by atoms with Crippen molar-refractivity contribution in [3.63, 3.8) is 0 Å². The molecule has 2 aromatic rings. The standard InChI is InChI=1S/C22H24N4O2/c1-16-6-5-9-18(14-16)23-19(27)15-26-12-10-22(11-13-26)24-20(21(28)25-22)17-7-3-2-4-8-17/h2-9,14H,10-13,15H2,1H3,(H,23,27)(H,25,28). The number of hydrogen-bond acceptors (Lipinski definition) is 4. The Morgan fingerprint density at radius 2 is 1.89 bits per heavy atom. The molecule has 1 saturated heterocycles. The fraction of sp³-hybridized carbons (Fsp3) is 0.318. The number of rotatable bonds is 4. The van der Waals surface area contributed by atoms with Gasteiger partial charge in [0.15, 0.2) is 0 Å². The minimum atomic E-state index is -0.536. The molecule has 2 aromatic carbocycles. The van der Waals surface area contributed by atoms with E-state index in [1.54, 1.807) is 0 Å². The number of nitrogens with zero attached hydrogens (tertiary/aromatic N) is 2. The van der Waals surface area contributed by atoms with Crippen molar-refractivity contribution in [2.45, 2.75) is 25.4 Å². The van der Waals surface area contributed by atoms with Gasteiger partial charge < -0.3 is 10.6 Å². The summed E-state index contributed by atoms with van der Waals surface area (Å²) in [7, 11) is 0. The lowest BCUT2D eigenvalue weighted by Gasteiger charge is -2.36.